The van der Waals surface area contributed by atoms with Gasteiger partial charge in [-0.2, -0.15) is 0 Å². The molecule has 6 heteroatoms. The molecule has 2 amide bonds. The maximum atomic E-state index is 12.4. The topological polar surface area (TPSA) is 79.0 Å². The van der Waals surface area contributed by atoms with Crippen LogP contribution in [-0.4, -0.2) is 53.2 Å². The van der Waals surface area contributed by atoms with E-state index in [1.54, 1.807) is 7.05 Å². The number of amides is 2. The number of likely N-dealkylation sites (tertiary alicyclic amines) is 1. The minimum absolute atomic E-state index is 0.00592. The van der Waals surface area contributed by atoms with Crippen molar-refractivity contribution in [3.63, 3.8) is 0 Å². The fourth-order valence-corrected chi connectivity index (χ4v) is 3.56. The van der Waals surface area contributed by atoms with Crippen LogP contribution in [0.4, 0.5) is 0 Å². The van der Waals surface area contributed by atoms with Gasteiger partial charge in [0.25, 0.3) is 0 Å². The van der Waals surface area contributed by atoms with E-state index in [1.807, 2.05) is 11.8 Å². The van der Waals surface area contributed by atoms with Gasteiger partial charge in [-0.15, -0.1) is 0 Å². The predicted octanol–water partition coefficient (Wildman–Crippen LogP) is 1.74. The van der Waals surface area contributed by atoms with Crippen LogP contribution < -0.4 is 5.73 Å². The molecular formula is C17H30N4O2. The van der Waals surface area contributed by atoms with E-state index in [2.05, 4.69) is 11.9 Å². The van der Waals surface area contributed by atoms with E-state index in [0.717, 1.165) is 38.6 Å². The molecule has 0 aromatic carbocycles. The molecule has 0 radical (unpaired) electrons. The van der Waals surface area contributed by atoms with E-state index < -0.39 is 5.54 Å². The number of guanidine groups is 1. The molecule has 0 aromatic heterocycles. The zero-order valence-electron chi connectivity index (χ0n) is 14.7. The fourth-order valence-electron chi connectivity index (χ4n) is 3.56. The van der Waals surface area contributed by atoms with E-state index in [-0.39, 0.29) is 23.7 Å². The van der Waals surface area contributed by atoms with Crippen LogP contribution in [0.25, 0.3) is 0 Å². The number of nitrogens with two attached hydrogens (primary N) is 1. The first kappa shape index (κ1) is 17.8. The second kappa shape index (κ2) is 7.32. The van der Waals surface area contributed by atoms with Gasteiger partial charge in [0.05, 0.1) is 12.0 Å². The first-order valence-electron chi connectivity index (χ1n) is 8.77. The van der Waals surface area contributed by atoms with E-state index in [4.69, 9.17) is 5.73 Å². The minimum atomic E-state index is -0.490. The molecule has 1 saturated heterocycles. The molecule has 0 bridgehead atoms. The summed E-state index contributed by atoms with van der Waals surface area (Å²) in [4.78, 5) is 32.5. The van der Waals surface area contributed by atoms with Crippen molar-refractivity contribution in [1.82, 2.24) is 9.80 Å². The summed E-state index contributed by atoms with van der Waals surface area (Å²) < 4.78 is 0. The lowest BCUT2D eigenvalue weighted by atomic mass is 9.77. The number of carbonyl (C=O) groups is 2. The number of unbranched alkanes of at least 4 members (excludes halogenated alkanes) is 2. The summed E-state index contributed by atoms with van der Waals surface area (Å²) >= 11 is 0. The van der Waals surface area contributed by atoms with Crippen molar-refractivity contribution >= 4 is 17.8 Å². The first-order valence-corrected chi connectivity index (χ1v) is 8.77. The molecule has 2 aliphatic rings. The quantitative estimate of drug-likeness (QED) is 0.783. The molecule has 23 heavy (non-hydrogen) atoms. The Morgan fingerprint density at radius 1 is 1.43 bits per heavy atom. The van der Waals surface area contributed by atoms with Crippen LogP contribution in [0.3, 0.4) is 0 Å². The fraction of sp³-hybridized carbons (Fsp3) is 0.824. The summed E-state index contributed by atoms with van der Waals surface area (Å²) in [7, 11) is 1.66. The molecule has 2 rings (SSSR count). The second-order valence-electron chi connectivity index (χ2n) is 7.09. The van der Waals surface area contributed by atoms with Gasteiger partial charge < -0.3 is 10.6 Å². The molecule has 2 heterocycles. The van der Waals surface area contributed by atoms with Gasteiger partial charge in [0.15, 0.2) is 5.96 Å². The number of carbonyl (C=O) groups excluding carboxylic acids is 2. The molecule has 0 aliphatic carbocycles. The molecule has 0 spiro atoms. The largest absolute Gasteiger partial charge is 0.369 e. The Kier molecular flexibility index (Phi) is 5.65. The van der Waals surface area contributed by atoms with E-state index in [0.29, 0.717) is 19.4 Å². The molecule has 2 aliphatic heterocycles. The standard InChI is InChI=1S/C17H30N4O2/c1-4-5-6-9-14(22)21-10-7-8-13(12-21)17(2)11-15(23)20(3)16(18)19-17/h13H,4-12H2,1-3H3,(H2,18,19)/t13?,17-/m0/s1. The maximum absolute atomic E-state index is 12.4. The molecule has 6 nitrogen and oxygen atoms in total. The van der Waals surface area contributed by atoms with Gasteiger partial charge in [-0.1, -0.05) is 19.8 Å². The van der Waals surface area contributed by atoms with Crippen molar-refractivity contribution < 1.29 is 9.59 Å². The van der Waals surface area contributed by atoms with Crippen molar-refractivity contribution in [3.05, 3.63) is 0 Å². The number of hydrogen-bond acceptors (Lipinski definition) is 4. The smallest absolute Gasteiger partial charge is 0.231 e. The second-order valence-corrected chi connectivity index (χ2v) is 7.09. The van der Waals surface area contributed by atoms with Crippen molar-refractivity contribution in [3.8, 4) is 0 Å². The Labute approximate surface area is 139 Å². The van der Waals surface area contributed by atoms with Gasteiger partial charge in [0, 0.05) is 32.5 Å². The third kappa shape index (κ3) is 4.03. The van der Waals surface area contributed by atoms with E-state index in [9.17, 15) is 9.59 Å². The average Bonchev–Trinajstić information content (AvgIpc) is 2.53. The number of rotatable bonds is 5. The highest BCUT2D eigenvalue weighted by molar-refractivity contribution is 5.98. The zero-order valence-corrected chi connectivity index (χ0v) is 14.7. The third-order valence-electron chi connectivity index (χ3n) is 5.24. The number of hydrogen-bond donors (Lipinski definition) is 1. The Morgan fingerprint density at radius 2 is 2.17 bits per heavy atom. The summed E-state index contributed by atoms with van der Waals surface area (Å²) in [5.41, 5.74) is 5.41. The van der Waals surface area contributed by atoms with Crippen LogP contribution in [0, 0.1) is 5.92 Å². The van der Waals surface area contributed by atoms with Gasteiger partial charge in [0.1, 0.15) is 0 Å². The number of nitrogens with zero attached hydrogens (tertiary/aromatic N) is 3. The molecule has 1 fully saturated rings. The highest BCUT2D eigenvalue weighted by atomic mass is 16.2. The summed E-state index contributed by atoms with van der Waals surface area (Å²) in [5.74, 6) is 0.729. The summed E-state index contributed by atoms with van der Waals surface area (Å²) in [6, 6.07) is 0. The van der Waals surface area contributed by atoms with Crippen molar-refractivity contribution in [2.45, 2.75) is 64.3 Å². The lowest BCUT2D eigenvalue weighted by molar-refractivity contribution is -0.134. The Balaban J connectivity index is 2.03. The summed E-state index contributed by atoms with van der Waals surface area (Å²) in [6.45, 7) is 5.65. The lowest BCUT2D eigenvalue weighted by Crippen LogP contribution is -2.54. The van der Waals surface area contributed by atoms with Crippen LogP contribution in [0.5, 0.6) is 0 Å². The predicted molar refractivity (Wildman–Crippen MR) is 90.9 cm³/mol. The van der Waals surface area contributed by atoms with Crippen LogP contribution in [0.1, 0.15) is 58.8 Å². The Hall–Kier alpha value is -1.59. The van der Waals surface area contributed by atoms with Gasteiger partial charge >= 0.3 is 0 Å². The van der Waals surface area contributed by atoms with Gasteiger partial charge in [-0.05, 0) is 26.2 Å². The SMILES string of the molecule is CCCCCC(=O)N1CCCC([C@]2(C)CC(=O)N(C)C(N)=N2)C1. The third-order valence-corrected chi connectivity index (χ3v) is 5.24. The highest BCUT2D eigenvalue weighted by Gasteiger charge is 2.43. The van der Waals surface area contributed by atoms with E-state index >= 15 is 0 Å². The normalized spacial score (nSPS) is 28.7. The van der Waals surface area contributed by atoms with Gasteiger partial charge in [0.2, 0.25) is 11.8 Å². The van der Waals surface area contributed by atoms with Crippen LogP contribution in [0.15, 0.2) is 4.99 Å². The van der Waals surface area contributed by atoms with Crippen molar-refractivity contribution in [2.24, 2.45) is 16.6 Å². The van der Waals surface area contributed by atoms with Crippen molar-refractivity contribution in [1.29, 1.82) is 0 Å². The molecule has 0 aromatic rings. The molecule has 2 N–H and O–H groups in total. The monoisotopic (exact) mass is 322 g/mol. The van der Waals surface area contributed by atoms with E-state index in [1.165, 1.54) is 4.90 Å². The van der Waals surface area contributed by atoms with Crippen molar-refractivity contribution in [2.75, 3.05) is 20.1 Å². The van der Waals surface area contributed by atoms with Crippen LogP contribution >= 0.6 is 0 Å². The lowest BCUT2D eigenvalue weighted by Gasteiger charge is -2.43. The molecule has 130 valence electrons. The molecule has 0 saturated carbocycles. The zero-order chi connectivity index (χ0) is 17.0. The van der Waals surface area contributed by atoms with Gasteiger partial charge in [-0.25, -0.2) is 4.99 Å². The minimum Gasteiger partial charge on any atom is -0.369 e. The average molecular weight is 322 g/mol. The molecule has 1 unspecified atom stereocenters. The maximum Gasteiger partial charge on any atom is 0.231 e. The highest BCUT2D eigenvalue weighted by Crippen LogP contribution is 2.35. The Morgan fingerprint density at radius 3 is 2.83 bits per heavy atom. The van der Waals surface area contributed by atoms with Gasteiger partial charge in [-0.3, -0.25) is 14.5 Å². The first-order chi connectivity index (χ1) is 10.9. The molecule has 2 atom stereocenters. The van der Waals surface area contributed by atoms with Crippen LogP contribution in [-0.2, 0) is 9.59 Å². The number of piperidine rings is 1. The Bertz CT molecular complexity index is 491. The summed E-state index contributed by atoms with van der Waals surface area (Å²) in [5, 5.41) is 0. The summed E-state index contributed by atoms with van der Waals surface area (Å²) in [6.07, 6.45) is 6.14. The van der Waals surface area contributed by atoms with Crippen LogP contribution in [0.2, 0.25) is 0 Å². The number of aliphatic imine (C=N–C) groups is 1. The molecular weight excluding hydrogens is 292 g/mol.